The van der Waals surface area contributed by atoms with Gasteiger partial charge in [-0.25, -0.2) is 21.9 Å². The van der Waals surface area contributed by atoms with Crippen LogP contribution in [0.5, 0.6) is 5.75 Å². The van der Waals surface area contributed by atoms with Crippen molar-refractivity contribution < 1.29 is 21.9 Å². The summed E-state index contributed by atoms with van der Waals surface area (Å²) in [6, 6.07) is 7.05. The van der Waals surface area contributed by atoms with Crippen LogP contribution in [0.2, 0.25) is 0 Å². The average molecular weight is 406 g/mol. The molecule has 0 heterocycles. The van der Waals surface area contributed by atoms with Crippen LogP contribution in [-0.2, 0) is 10.0 Å². The van der Waals surface area contributed by atoms with Crippen molar-refractivity contribution in [3.63, 3.8) is 0 Å². The topological polar surface area (TPSA) is 55.4 Å². The fraction of sp³-hybridized carbons (Fsp3) is 0.200. The third-order valence-electron chi connectivity index (χ3n) is 3.19. The van der Waals surface area contributed by atoms with Gasteiger partial charge >= 0.3 is 0 Å². The second-order valence-corrected chi connectivity index (χ2v) is 7.41. The fourth-order valence-electron chi connectivity index (χ4n) is 2.01. The normalized spacial score (nSPS) is 12.9. The lowest BCUT2D eigenvalue weighted by Gasteiger charge is -2.16. The third-order valence-corrected chi connectivity index (χ3v) is 5.25. The van der Waals surface area contributed by atoms with Crippen molar-refractivity contribution >= 4 is 26.0 Å². The van der Waals surface area contributed by atoms with E-state index in [1.54, 1.807) is 6.07 Å². The molecule has 0 unspecified atom stereocenters. The van der Waals surface area contributed by atoms with Crippen LogP contribution < -0.4 is 9.46 Å². The number of sulfonamides is 1. The number of hydrogen-bond acceptors (Lipinski definition) is 3. The van der Waals surface area contributed by atoms with E-state index >= 15 is 0 Å². The standard InChI is InChI=1S/C15H14BrF2NO3S/c1-9(10-3-5-12(17)13(18)7-10)19-23(20,21)15-8-11(16)4-6-14(15)22-2/h3-9,19H,1-2H3/t9-/m0/s1. The number of nitrogens with one attached hydrogen (secondary N) is 1. The molecule has 23 heavy (non-hydrogen) atoms. The molecule has 0 aliphatic heterocycles. The lowest BCUT2D eigenvalue weighted by Crippen LogP contribution is -2.27. The van der Waals surface area contributed by atoms with Crippen molar-refractivity contribution in [2.45, 2.75) is 17.9 Å². The second-order valence-electron chi connectivity index (χ2n) is 4.81. The molecule has 8 heteroatoms. The van der Waals surface area contributed by atoms with E-state index in [1.807, 2.05) is 0 Å². The maximum absolute atomic E-state index is 13.3. The van der Waals surface area contributed by atoms with Crippen LogP contribution in [-0.4, -0.2) is 15.5 Å². The molecule has 0 saturated carbocycles. The number of hydrogen-bond donors (Lipinski definition) is 1. The monoisotopic (exact) mass is 405 g/mol. The van der Waals surface area contributed by atoms with Gasteiger partial charge in [0.05, 0.1) is 7.11 Å². The average Bonchev–Trinajstić information content (AvgIpc) is 2.49. The van der Waals surface area contributed by atoms with E-state index in [2.05, 4.69) is 20.7 Å². The Hall–Kier alpha value is -1.51. The van der Waals surface area contributed by atoms with Crippen molar-refractivity contribution in [2.24, 2.45) is 0 Å². The van der Waals surface area contributed by atoms with Gasteiger partial charge in [-0.05, 0) is 42.8 Å². The molecule has 1 atom stereocenters. The Morgan fingerprint density at radius 3 is 2.43 bits per heavy atom. The minimum atomic E-state index is -3.92. The Kier molecular flexibility index (Phi) is 5.38. The molecule has 0 amide bonds. The number of benzene rings is 2. The third kappa shape index (κ3) is 4.07. The molecule has 0 fully saturated rings. The highest BCUT2D eigenvalue weighted by atomic mass is 79.9. The summed E-state index contributed by atoms with van der Waals surface area (Å²) in [5.41, 5.74) is 0.307. The molecular formula is C15H14BrF2NO3S. The van der Waals surface area contributed by atoms with Crippen LogP contribution in [0.3, 0.4) is 0 Å². The highest BCUT2D eigenvalue weighted by molar-refractivity contribution is 9.10. The largest absolute Gasteiger partial charge is 0.495 e. The predicted octanol–water partition coefficient (Wildman–Crippen LogP) is 3.78. The maximum Gasteiger partial charge on any atom is 0.244 e. The molecule has 1 N–H and O–H groups in total. The van der Waals surface area contributed by atoms with Gasteiger partial charge in [0.1, 0.15) is 10.6 Å². The van der Waals surface area contributed by atoms with E-state index in [0.717, 1.165) is 12.1 Å². The van der Waals surface area contributed by atoms with E-state index in [1.165, 1.54) is 32.2 Å². The summed E-state index contributed by atoms with van der Waals surface area (Å²) in [7, 11) is -2.55. The minimum Gasteiger partial charge on any atom is -0.495 e. The van der Waals surface area contributed by atoms with E-state index in [-0.39, 0.29) is 10.6 Å². The lowest BCUT2D eigenvalue weighted by atomic mass is 10.1. The van der Waals surface area contributed by atoms with Crippen LogP contribution in [0.4, 0.5) is 8.78 Å². The molecule has 0 aromatic heterocycles. The molecule has 4 nitrogen and oxygen atoms in total. The van der Waals surface area contributed by atoms with Crippen LogP contribution >= 0.6 is 15.9 Å². The zero-order valence-electron chi connectivity index (χ0n) is 12.3. The van der Waals surface area contributed by atoms with Gasteiger partial charge in [-0.15, -0.1) is 0 Å². The zero-order chi connectivity index (χ0) is 17.2. The van der Waals surface area contributed by atoms with Crippen molar-refractivity contribution in [3.05, 3.63) is 58.1 Å². The van der Waals surface area contributed by atoms with Crippen molar-refractivity contribution in [3.8, 4) is 5.75 Å². The Morgan fingerprint density at radius 1 is 1.13 bits per heavy atom. The van der Waals surface area contributed by atoms with Gasteiger partial charge in [0, 0.05) is 10.5 Å². The van der Waals surface area contributed by atoms with Gasteiger partial charge in [0.15, 0.2) is 11.6 Å². The van der Waals surface area contributed by atoms with Crippen molar-refractivity contribution in [1.29, 1.82) is 0 Å². The molecule has 0 spiro atoms. The van der Waals surface area contributed by atoms with Gasteiger partial charge in [0.2, 0.25) is 10.0 Å². The predicted molar refractivity (Wildman–Crippen MR) is 85.8 cm³/mol. The summed E-state index contributed by atoms with van der Waals surface area (Å²) in [5.74, 6) is -1.84. The van der Waals surface area contributed by atoms with Crippen LogP contribution in [0.15, 0.2) is 45.8 Å². The molecule has 0 saturated heterocycles. The molecule has 0 radical (unpaired) electrons. The lowest BCUT2D eigenvalue weighted by molar-refractivity contribution is 0.402. The SMILES string of the molecule is COc1ccc(Br)cc1S(=O)(=O)N[C@@H](C)c1ccc(F)c(F)c1. The first-order chi connectivity index (χ1) is 10.7. The van der Waals surface area contributed by atoms with Gasteiger partial charge in [0.25, 0.3) is 0 Å². The first-order valence-electron chi connectivity index (χ1n) is 6.55. The highest BCUT2D eigenvalue weighted by Gasteiger charge is 2.23. The molecular weight excluding hydrogens is 392 g/mol. The summed E-state index contributed by atoms with van der Waals surface area (Å²) in [6.07, 6.45) is 0. The van der Waals surface area contributed by atoms with E-state index in [9.17, 15) is 17.2 Å². The first kappa shape index (κ1) is 17.8. The maximum atomic E-state index is 13.3. The van der Waals surface area contributed by atoms with Crippen LogP contribution in [0.1, 0.15) is 18.5 Å². The Balaban J connectivity index is 2.34. The summed E-state index contributed by atoms with van der Waals surface area (Å²) < 4.78 is 59.3. The highest BCUT2D eigenvalue weighted by Crippen LogP contribution is 2.28. The molecule has 0 bridgehead atoms. The summed E-state index contributed by atoms with van der Waals surface area (Å²) in [5, 5.41) is 0. The molecule has 2 rings (SSSR count). The van der Waals surface area contributed by atoms with E-state index in [4.69, 9.17) is 4.74 Å². The minimum absolute atomic E-state index is 0.0520. The van der Waals surface area contributed by atoms with Crippen molar-refractivity contribution in [2.75, 3.05) is 7.11 Å². The van der Waals surface area contributed by atoms with Gasteiger partial charge in [-0.2, -0.15) is 0 Å². The first-order valence-corrected chi connectivity index (χ1v) is 8.83. The number of methoxy groups -OCH3 is 1. The summed E-state index contributed by atoms with van der Waals surface area (Å²) >= 11 is 3.21. The van der Waals surface area contributed by atoms with Gasteiger partial charge in [-0.3, -0.25) is 0 Å². The summed E-state index contributed by atoms with van der Waals surface area (Å²) in [6.45, 7) is 1.54. The Morgan fingerprint density at radius 2 is 1.83 bits per heavy atom. The Bertz CT molecular complexity index is 827. The number of rotatable bonds is 5. The second kappa shape index (κ2) is 6.94. The van der Waals surface area contributed by atoms with E-state index in [0.29, 0.717) is 10.0 Å². The quantitative estimate of drug-likeness (QED) is 0.823. The Labute approximate surface area is 141 Å². The van der Waals surface area contributed by atoms with Gasteiger partial charge in [-0.1, -0.05) is 22.0 Å². The fourth-order valence-corrected chi connectivity index (χ4v) is 3.95. The molecule has 2 aromatic carbocycles. The molecule has 2 aromatic rings. The smallest absolute Gasteiger partial charge is 0.244 e. The number of ether oxygens (including phenoxy) is 1. The molecule has 0 aliphatic carbocycles. The summed E-state index contributed by atoms with van der Waals surface area (Å²) in [4.78, 5) is -0.0520. The molecule has 0 aliphatic rings. The van der Waals surface area contributed by atoms with Crippen LogP contribution in [0, 0.1) is 11.6 Å². The number of halogens is 3. The van der Waals surface area contributed by atoms with Gasteiger partial charge < -0.3 is 4.74 Å². The molecule has 124 valence electrons. The zero-order valence-corrected chi connectivity index (χ0v) is 14.7. The van der Waals surface area contributed by atoms with Crippen molar-refractivity contribution in [1.82, 2.24) is 4.72 Å². The van der Waals surface area contributed by atoms with E-state index < -0.39 is 27.7 Å². The van der Waals surface area contributed by atoms with Crippen LogP contribution in [0.25, 0.3) is 0 Å².